The molecule has 0 amide bonds. The van der Waals surface area contributed by atoms with Crippen LogP contribution in [-0.4, -0.2) is 45.6 Å². The van der Waals surface area contributed by atoms with Gasteiger partial charge in [0.15, 0.2) is 5.69 Å². The molecule has 2 heterocycles. The molecule has 4 rings (SSSR count). The summed E-state index contributed by atoms with van der Waals surface area (Å²) in [5.74, 6) is -0.294. The quantitative estimate of drug-likeness (QED) is 0.410. The third-order valence-electron chi connectivity index (χ3n) is 4.71. The van der Waals surface area contributed by atoms with Gasteiger partial charge in [-0.05, 0) is 60.5 Å². The number of alkyl halides is 3. The molecule has 3 aromatic rings. The standard InChI is InChI=1S/C21H19F4N5OS/c22-14-1-3-15(4-2-14)26-19-13-18(21(23,24)25)27-20(28-19)29-9-11-30(12-10-29)32-17-7-5-16(31)6-8-17/h1-8,13,31H,9-12H2,(H,26,27,28). The SMILES string of the molecule is Oc1ccc(SN2CCN(c3nc(Nc4ccc(F)cc4)cc(C(F)(F)F)n3)CC2)cc1. The van der Waals surface area contributed by atoms with Gasteiger partial charge < -0.3 is 15.3 Å². The van der Waals surface area contributed by atoms with Crippen molar-refractivity contribution in [3.8, 4) is 5.75 Å². The molecule has 32 heavy (non-hydrogen) atoms. The summed E-state index contributed by atoms with van der Waals surface area (Å²) in [5, 5.41) is 12.2. The Morgan fingerprint density at radius 3 is 2.19 bits per heavy atom. The van der Waals surface area contributed by atoms with Gasteiger partial charge in [-0.1, -0.05) is 0 Å². The van der Waals surface area contributed by atoms with E-state index in [2.05, 4.69) is 19.6 Å². The average molecular weight is 465 g/mol. The summed E-state index contributed by atoms with van der Waals surface area (Å²) >= 11 is 1.52. The molecule has 1 aromatic heterocycles. The van der Waals surface area contributed by atoms with Crippen molar-refractivity contribution in [3.05, 3.63) is 66.1 Å². The third kappa shape index (κ3) is 5.60. The second kappa shape index (κ2) is 9.21. The fourth-order valence-electron chi connectivity index (χ4n) is 3.10. The number of hydrogen-bond donors (Lipinski definition) is 2. The van der Waals surface area contributed by atoms with Crippen molar-refractivity contribution < 1.29 is 22.7 Å². The predicted molar refractivity (Wildman–Crippen MR) is 114 cm³/mol. The molecule has 0 aliphatic carbocycles. The maximum Gasteiger partial charge on any atom is 0.433 e. The zero-order valence-electron chi connectivity index (χ0n) is 16.7. The van der Waals surface area contributed by atoms with Crippen molar-refractivity contribution in [3.63, 3.8) is 0 Å². The zero-order valence-corrected chi connectivity index (χ0v) is 17.5. The largest absolute Gasteiger partial charge is 0.508 e. The van der Waals surface area contributed by atoms with Crippen LogP contribution < -0.4 is 10.2 Å². The average Bonchev–Trinajstić information content (AvgIpc) is 2.77. The highest BCUT2D eigenvalue weighted by molar-refractivity contribution is 7.97. The fourth-order valence-corrected chi connectivity index (χ4v) is 4.00. The number of anilines is 3. The number of piperazine rings is 1. The normalized spacial score (nSPS) is 15.1. The van der Waals surface area contributed by atoms with Crippen LogP contribution in [0.1, 0.15) is 5.69 Å². The van der Waals surface area contributed by atoms with Crippen LogP contribution in [-0.2, 0) is 6.18 Å². The minimum Gasteiger partial charge on any atom is -0.508 e. The van der Waals surface area contributed by atoms with E-state index in [4.69, 9.17) is 0 Å². The van der Waals surface area contributed by atoms with Crippen molar-refractivity contribution in [2.75, 3.05) is 36.4 Å². The van der Waals surface area contributed by atoms with Gasteiger partial charge in [0.1, 0.15) is 17.4 Å². The molecule has 2 aromatic carbocycles. The molecule has 0 atom stereocenters. The summed E-state index contributed by atoms with van der Waals surface area (Å²) in [7, 11) is 0. The number of aromatic hydroxyl groups is 1. The number of phenols is 1. The smallest absolute Gasteiger partial charge is 0.433 e. The highest BCUT2D eigenvalue weighted by Crippen LogP contribution is 2.32. The zero-order chi connectivity index (χ0) is 22.7. The summed E-state index contributed by atoms with van der Waals surface area (Å²) in [6.45, 7) is 2.07. The lowest BCUT2D eigenvalue weighted by Crippen LogP contribution is -2.44. The van der Waals surface area contributed by atoms with Gasteiger partial charge in [-0.15, -0.1) is 0 Å². The number of benzene rings is 2. The Labute approximate surface area is 186 Å². The van der Waals surface area contributed by atoms with Gasteiger partial charge >= 0.3 is 6.18 Å². The molecule has 6 nitrogen and oxygen atoms in total. The lowest BCUT2D eigenvalue weighted by molar-refractivity contribution is -0.141. The Balaban J connectivity index is 1.48. The molecule has 168 valence electrons. The van der Waals surface area contributed by atoms with Crippen LogP contribution in [0.4, 0.5) is 35.0 Å². The molecule has 0 spiro atoms. The van der Waals surface area contributed by atoms with E-state index < -0.39 is 17.7 Å². The van der Waals surface area contributed by atoms with Gasteiger partial charge in [0.25, 0.3) is 0 Å². The van der Waals surface area contributed by atoms with Crippen LogP contribution in [0.25, 0.3) is 0 Å². The van der Waals surface area contributed by atoms with Gasteiger partial charge in [-0.25, -0.2) is 13.7 Å². The molecule has 0 unspecified atom stereocenters. The summed E-state index contributed by atoms with van der Waals surface area (Å²) in [5.41, 5.74) is -0.632. The number of phenolic OH excluding ortho intramolecular Hbond substituents is 1. The van der Waals surface area contributed by atoms with Crippen molar-refractivity contribution in [2.45, 2.75) is 11.1 Å². The first-order valence-corrected chi connectivity index (χ1v) is 10.5. The van der Waals surface area contributed by atoms with Crippen LogP contribution in [0.2, 0.25) is 0 Å². The molecule has 1 saturated heterocycles. The summed E-state index contributed by atoms with van der Waals surface area (Å²) in [4.78, 5) is 10.7. The van der Waals surface area contributed by atoms with Gasteiger partial charge in [0.05, 0.1) is 0 Å². The number of nitrogens with zero attached hydrogens (tertiary/aromatic N) is 4. The maximum absolute atomic E-state index is 13.4. The molecule has 1 aliphatic rings. The van der Waals surface area contributed by atoms with E-state index in [0.29, 0.717) is 31.9 Å². The Bertz CT molecular complexity index is 1060. The molecule has 1 fully saturated rings. The van der Waals surface area contributed by atoms with Gasteiger partial charge in [-0.3, -0.25) is 0 Å². The minimum absolute atomic E-state index is 0.0151. The van der Waals surface area contributed by atoms with Crippen molar-refractivity contribution in [2.24, 2.45) is 0 Å². The summed E-state index contributed by atoms with van der Waals surface area (Å²) < 4.78 is 55.5. The molecule has 0 radical (unpaired) electrons. The Morgan fingerprint density at radius 2 is 1.56 bits per heavy atom. The summed E-state index contributed by atoms with van der Waals surface area (Å²) in [6, 6.07) is 12.9. The van der Waals surface area contributed by atoms with Crippen molar-refractivity contribution in [1.82, 2.24) is 14.3 Å². The number of hydrogen-bond acceptors (Lipinski definition) is 7. The second-order valence-electron chi connectivity index (χ2n) is 7.07. The van der Waals surface area contributed by atoms with E-state index in [-0.39, 0.29) is 17.5 Å². The summed E-state index contributed by atoms with van der Waals surface area (Å²) in [6.07, 6.45) is -4.63. The second-order valence-corrected chi connectivity index (χ2v) is 8.24. The van der Waals surface area contributed by atoms with Crippen LogP contribution in [0.3, 0.4) is 0 Å². The number of nitrogens with one attached hydrogen (secondary N) is 1. The predicted octanol–water partition coefficient (Wildman–Crippen LogP) is 4.91. The molecular weight excluding hydrogens is 446 g/mol. The van der Waals surface area contributed by atoms with Crippen LogP contribution >= 0.6 is 11.9 Å². The van der Waals surface area contributed by atoms with Crippen molar-refractivity contribution >= 4 is 29.4 Å². The minimum atomic E-state index is -4.63. The van der Waals surface area contributed by atoms with Crippen LogP contribution in [0.5, 0.6) is 5.75 Å². The van der Waals surface area contributed by atoms with Gasteiger partial charge in [0, 0.05) is 42.8 Å². The lowest BCUT2D eigenvalue weighted by Gasteiger charge is -2.34. The highest BCUT2D eigenvalue weighted by Gasteiger charge is 2.34. The first-order chi connectivity index (χ1) is 15.3. The molecule has 11 heteroatoms. The van der Waals surface area contributed by atoms with Gasteiger partial charge in [-0.2, -0.15) is 18.2 Å². The highest BCUT2D eigenvalue weighted by atomic mass is 32.2. The third-order valence-corrected chi connectivity index (χ3v) is 5.82. The lowest BCUT2D eigenvalue weighted by atomic mass is 10.3. The van der Waals surface area contributed by atoms with E-state index in [1.807, 2.05) is 0 Å². The van der Waals surface area contributed by atoms with E-state index in [9.17, 15) is 22.7 Å². The van der Waals surface area contributed by atoms with Crippen LogP contribution in [0, 0.1) is 5.82 Å². The molecule has 0 saturated carbocycles. The number of halogens is 4. The van der Waals surface area contributed by atoms with Crippen molar-refractivity contribution in [1.29, 1.82) is 0 Å². The van der Waals surface area contributed by atoms with E-state index in [1.165, 1.54) is 36.2 Å². The maximum atomic E-state index is 13.4. The Morgan fingerprint density at radius 1 is 0.906 bits per heavy atom. The van der Waals surface area contributed by atoms with E-state index in [1.54, 1.807) is 29.2 Å². The monoisotopic (exact) mass is 465 g/mol. The van der Waals surface area contributed by atoms with E-state index in [0.717, 1.165) is 11.0 Å². The Hall–Kier alpha value is -3.05. The van der Waals surface area contributed by atoms with Crippen LogP contribution in [0.15, 0.2) is 59.5 Å². The number of aromatic nitrogens is 2. The topological polar surface area (TPSA) is 64.5 Å². The number of rotatable bonds is 5. The molecule has 1 aliphatic heterocycles. The van der Waals surface area contributed by atoms with E-state index >= 15 is 0 Å². The molecule has 0 bridgehead atoms. The first-order valence-electron chi connectivity index (χ1n) is 9.72. The molecular formula is C21H19F4N5OS. The Kier molecular flexibility index (Phi) is 6.38. The first kappa shape index (κ1) is 22.2. The van der Waals surface area contributed by atoms with Gasteiger partial charge in [0.2, 0.25) is 5.95 Å². The molecule has 2 N–H and O–H groups in total. The fraction of sp³-hybridized carbons (Fsp3) is 0.238.